The van der Waals surface area contributed by atoms with Gasteiger partial charge in [0.15, 0.2) is 0 Å². The summed E-state index contributed by atoms with van der Waals surface area (Å²) < 4.78 is 12.6. The van der Waals surface area contributed by atoms with Crippen molar-refractivity contribution in [2.45, 2.75) is 95.9 Å². The van der Waals surface area contributed by atoms with Gasteiger partial charge in [0.05, 0.1) is 36.7 Å². The van der Waals surface area contributed by atoms with E-state index in [1.807, 2.05) is 45.0 Å². The van der Waals surface area contributed by atoms with Crippen LogP contribution in [0.2, 0.25) is 0 Å². The number of aliphatic hydroxyl groups is 1. The molecule has 0 radical (unpaired) electrons. The third-order valence-electron chi connectivity index (χ3n) is 9.92. The van der Waals surface area contributed by atoms with Crippen molar-refractivity contribution in [1.29, 1.82) is 0 Å². The summed E-state index contributed by atoms with van der Waals surface area (Å²) in [5.41, 5.74) is -1.36. The van der Waals surface area contributed by atoms with E-state index in [2.05, 4.69) is 20.1 Å². The van der Waals surface area contributed by atoms with E-state index in [4.69, 9.17) is 9.47 Å². The maximum absolute atomic E-state index is 14.7. The minimum Gasteiger partial charge on any atom is -0.494 e. The highest BCUT2D eigenvalue weighted by Gasteiger charge is 2.79. The van der Waals surface area contributed by atoms with Crippen molar-refractivity contribution < 1.29 is 29.0 Å². The Hall–Kier alpha value is -3.17. The van der Waals surface area contributed by atoms with Gasteiger partial charge in [-0.25, -0.2) is 0 Å². The van der Waals surface area contributed by atoms with E-state index in [1.165, 1.54) is 0 Å². The molecule has 0 saturated carbocycles. The minimum absolute atomic E-state index is 0.196. The molecule has 1 N–H and O–H groups in total. The van der Waals surface area contributed by atoms with E-state index in [9.17, 15) is 19.5 Å². The summed E-state index contributed by atoms with van der Waals surface area (Å²) in [7, 11) is 0. The quantitative estimate of drug-likeness (QED) is 0.203. The van der Waals surface area contributed by atoms with E-state index < -0.39 is 35.1 Å². The summed E-state index contributed by atoms with van der Waals surface area (Å²) in [6.07, 6.45) is 8.28. The van der Waals surface area contributed by atoms with Crippen molar-refractivity contribution in [3.8, 4) is 5.75 Å². The number of anilines is 1. The predicted octanol–water partition coefficient (Wildman–Crippen LogP) is 4.73. The largest absolute Gasteiger partial charge is 0.494 e. The molecule has 1 aromatic carbocycles. The van der Waals surface area contributed by atoms with Crippen molar-refractivity contribution in [3.63, 3.8) is 0 Å². The van der Waals surface area contributed by atoms with E-state index in [-0.39, 0.29) is 30.9 Å². The van der Waals surface area contributed by atoms with Gasteiger partial charge >= 0.3 is 0 Å². The van der Waals surface area contributed by atoms with E-state index in [1.54, 1.807) is 26.9 Å². The van der Waals surface area contributed by atoms with E-state index >= 15 is 0 Å². The van der Waals surface area contributed by atoms with Crippen LogP contribution >= 0.6 is 0 Å². The Bertz CT molecular complexity index is 1200. The zero-order chi connectivity index (χ0) is 32.1. The molecule has 3 heterocycles. The molecule has 44 heavy (non-hydrogen) atoms. The number of carbonyl (C=O) groups excluding carboxylic acids is 3. The van der Waals surface area contributed by atoms with Gasteiger partial charge in [-0.3, -0.25) is 14.4 Å². The maximum Gasteiger partial charge on any atom is 0.248 e. The highest BCUT2D eigenvalue weighted by molar-refractivity contribution is 6.03. The van der Waals surface area contributed by atoms with E-state index in [0.717, 1.165) is 19.3 Å². The minimum atomic E-state index is -1.16. The molecule has 1 spiro atoms. The van der Waals surface area contributed by atoms with Crippen molar-refractivity contribution in [2.75, 3.05) is 37.7 Å². The van der Waals surface area contributed by atoms with Gasteiger partial charge in [-0.1, -0.05) is 45.8 Å². The number of nitrogens with zero attached hydrogens (tertiary/aromatic N) is 3. The Morgan fingerprint density at radius 1 is 1.09 bits per heavy atom. The molecule has 1 aromatic rings. The van der Waals surface area contributed by atoms with Crippen LogP contribution in [0.25, 0.3) is 0 Å². The fourth-order valence-corrected chi connectivity index (χ4v) is 7.80. The number of unbranched alkanes of at least 4 members (excludes halogenated alkanes) is 2. The van der Waals surface area contributed by atoms with Gasteiger partial charge in [0, 0.05) is 25.3 Å². The number of carbonyl (C=O) groups is 3. The van der Waals surface area contributed by atoms with Gasteiger partial charge in [-0.05, 0) is 63.3 Å². The average molecular weight is 610 g/mol. The Labute approximate surface area is 262 Å². The molecule has 9 nitrogen and oxygen atoms in total. The second-order valence-electron chi connectivity index (χ2n) is 12.3. The number of benzene rings is 1. The van der Waals surface area contributed by atoms with Crippen molar-refractivity contribution >= 4 is 23.4 Å². The number of ether oxygens (including phenoxy) is 2. The molecule has 3 aliphatic rings. The number of amides is 3. The normalized spacial score (nSPS) is 27.6. The first-order valence-electron chi connectivity index (χ1n) is 16.4. The number of likely N-dealkylation sites (tertiary alicyclic amines) is 1. The Kier molecular flexibility index (Phi) is 10.9. The highest BCUT2D eigenvalue weighted by atomic mass is 16.5. The first-order valence-corrected chi connectivity index (χ1v) is 16.4. The van der Waals surface area contributed by atoms with Crippen LogP contribution in [-0.2, 0) is 19.1 Å². The molecular weight excluding hydrogens is 558 g/mol. The summed E-state index contributed by atoms with van der Waals surface area (Å²) in [5, 5.41) is 10.4. The molecule has 4 rings (SSSR count). The van der Waals surface area contributed by atoms with Crippen molar-refractivity contribution in [3.05, 3.63) is 49.6 Å². The fraction of sp³-hybridized carbons (Fsp3) is 0.629. The smallest absolute Gasteiger partial charge is 0.248 e. The summed E-state index contributed by atoms with van der Waals surface area (Å²) in [4.78, 5) is 48.9. The molecule has 0 aromatic heterocycles. The SMILES string of the molecule is C=CCN(CCCCC)C(=O)C1N([C@@H](CC)CO)C(=O)[C@@H]2[C@@H](C(=O)N(CC=C)c3ccc(OCC)cc3)[C@@]3(CC)CCC12O3. The number of aliphatic hydroxyl groups excluding tert-OH is 1. The summed E-state index contributed by atoms with van der Waals surface area (Å²) >= 11 is 0. The number of hydrogen-bond acceptors (Lipinski definition) is 6. The van der Waals surface area contributed by atoms with Gasteiger partial charge in [-0.15, -0.1) is 13.2 Å². The molecule has 2 bridgehead atoms. The summed E-state index contributed by atoms with van der Waals surface area (Å²) in [6, 6.07) is 5.84. The second kappa shape index (κ2) is 14.3. The molecular formula is C35H51N3O6. The number of fused-ring (bicyclic) bond motifs is 1. The lowest BCUT2D eigenvalue weighted by Crippen LogP contribution is -2.59. The lowest BCUT2D eigenvalue weighted by Gasteiger charge is -2.39. The molecule has 9 heteroatoms. The monoisotopic (exact) mass is 609 g/mol. The van der Waals surface area contributed by atoms with Gasteiger partial charge < -0.3 is 29.3 Å². The van der Waals surface area contributed by atoms with E-state index in [0.29, 0.717) is 56.8 Å². The predicted molar refractivity (Wildman–Crippen MR) is 171 cm³/mol. The Morgan fingerprint density at radius 2 is 1.80 bits per heavy atom. The molecule has 3 saturated heterocycles. The van der Waals surface area contributed by atoms with Crippen LogP contribution in [0.1, 0.15) is 72.6 Å². The van der Waals surface area contributed by atoms with Crippen LogP contribution in [-0.4, -0.2) is 88.8 Å². The average Bonchev–Trinajstić information content (AvgIpc) is 3.64. The van der Waals surface area contributed by atoms with Crippen LogP contribution in [0.15, 0.2) is 49.6 Å². The Morgan fingerprint density at radius 3 is 2.36 bits per heavy atom. The fourth-order valence-electron chi connectivity index (χ4n) is 7.80. The van der Waals surface area contributed by atoms with Crippen molar-refractivity contribution in [2.24, 2.45) is 11.8 Å². The first-order chi connectivity index (χ1) is 21.2. The topological polar surface area (TPSA) is 99.6 Å². The number of hydrogen-bond donors (Lipinski definition) is 1. The molecule has 0 aliphatic carbocycles. The zero-order valence-corrected chi connectivity index (χ0v) is 27.0. The molecule has 242 valence electrons. The van der Waals surface area contributed by atoms with Crippen LogP contribution < -0.4 is 9.64 Å². The molecule has 3 aliphatic heterocycles. The van der Waals surface area contributed by atoms with Crippen LogP contribution in [0.3, 0.4) is 0 Å². The standard InChI is InChI=1S/C35H51N3O6/c1-7-13-14-23-36(21-8-2)33(42)30-35-20-19-34(11-5,44-35)28(29(35)32(41)38(30)25(10-4)24-39)31(40)37(22-9-3)26-15-17-27(18-16-26)43-12-6/h8-9,15-18,25,28-30,39H,2-3,7,10-14,19-24H2,1,4-6H3/t25-,28-,29-,30?,34+,35?/m0/s1. The Balaban J connectivity index is 1.80. The summed E-state index contributed by atoms with van der Waals surface area (Å²) in [6.45, 7) is 17.1. The molecule has 3 fully saturated rings. The molecule has 3 amide bonds. The zero-order valence-electron chi connectivity index (χ0n) is 27.0. The first kappa shape index (κ1) is 33.7. The van der Waals surface area contributed by atoms with Crippen LogP contribution in [0.4, 0.5) is 5.69 Å². The number of rotatable bonds is 17. The third kappa shape index (κ3) is 5.69. The van der Waals surface area contributed by atoms with Crippen LogP contribution in [0, 0.1) is 11.8 Å². The lowest BCUT2D eigenvalue weighted by atomic mass is 9.64. The van der Waals surface area contributed by atoms with Gasteiger partial charge in [0.2, 0.25) is 17.7 Å². The lowest BCUT2D eigenvalue weighted by molar-refractivity contribution is -0.156. The highest BCUT2D eigenvalue weighted by Crippen LogP contribution is 2.65. The second-order valence-corrected chi connectivity index (χ2v) is 12.3. The van der Waals surface area contributed by atoms with Crippen LogP contribution in [0.5, 0.6) is 5.75 Å². The maximum atomic E-state index is 14.7. The van der Waals surface area contributed by atoms with Crippen molar-refractivity contribution in [1.82, 2.24) is 9.80 Å². The van der Waals surface area contributed by atoms with Gasteiger partial charge in [0.1, 0.15) is 17.4 Å². The molecule has 6 atom stereocenters. The third-order valence-corrected chi connectivity index (χ3v) is 9.92. The van der Waals surface area contributed by atoms with Gasteiger partial charge in [0.25, 0.3) is 0 Å². The van der Waals surface area contributed by atoms with Gasteiger partial charge in [-0.2, -0.15) is 0 Å². The summed E-state index contributed by atoms with van der Waals surface area (Å²) in [5.74, 6) is -1.62. The molecule has 2 unspecified atom stereocenters.